The van der Waals surface area contributed by atoms with E-state index in [9.17, 15) is 14.9 Å². The van der Waals surface area contributed by atoms with Crippen molar-refractivity contribution in [2.75, 3.05) is 51.8 Å². The number of nitrogens with zero attached hydrogens (tertiary/aromatic N) is 3. The number of nitro groups is 1. The Morgan fingerprint density at radius 1 is 1.13 bits per heavy atom. The van der Waals surface area contributed by atoms with Gasteiger partial charge in [0.15, 0.2) is 0 Å². The summed E-state index contributed by atoms with van der Waals surface area (Å²) in [7, 11) is 1.55. The average molecular weight is 537 g/mol. The minimum Gasteiger partial charge on any atom is -0.495 e. The number of urea groups is 1. The third-order valence-electron chi connectivity index (χ3n) is 6.29. The molecule has 0 atom stereocenters. The van der Waals surface area contributed by atoms with Gasteiger partial charge in [0.05, 0.1) is 30.9 Å². The van der Waals surface area contributed by atoms with Crippen LogP contribution >= 0.6 is 11.8 Å². The van der Waals surface area contributed by atoms with Gasteiger partial charge in [0.25, 0.3) is 5.69 Å². The first-order chi connectivity index (χ1) is 18.4. The minimum atomic E-state index is -0.406. The fraction of sp³-hybridized carbons (Fsp3) is 0.321. The second-order valence-electron chi connectivity index (χ2n) is 8.97. The lowest BCUT2D eigenvalue weighted by molar-refractivity contribution is -0.385. The van der Waals surface area contributed by atoms with E-state index in [2.05, 4.69) is 10.2 Å². The first-order valence-corrected chi connectivity index (χ1v) is 13.3. The van der Waals surface area contributed by atoms with Gasteiger partial charge in [-0.1, -0.05) is 41.6 Å². The molecule has 1 N–H and O–H groups in total. The van der Waals surface area contributed by atoms with Crippen molar-refractivity contribution in [2.45, 2.75) is 23.3 Å². The molecule has 9 nitrogen and oxygen atoms in total. The number of hydrogen-bond acceptors (Lipinski definition) is 7. The fourth-order valence-electron chi connectivity index (χ4n) is 4.12. The number of carbonyl (C=O) groups excluding carboxylic acids is 1. The molecule has 0 radical (unpaired) electrons. The number of nitrogens with one attached hydrogen (secondary N) is 1. The van der Waals surface area contributed by atoms with E-state index >= 15 is 0 Å². The summed E-state index contributed by atoms with van der Waals surface area (Å²) in [4.78, 5) is 30.6. The molecule has 1 aliphatic rings. The van der Waals surface area contributed by atoms with Crippen molar-refractivity contribution in [3.8, 4) is 5.75 Å². The van der Waals surface area contributed by atoms with E-state index < -0.39 is 4.92 Å². The molecule has 0 spiro atoms. The van der Waals surface area contributed by atoms with Crippen molar-refractivity contribution in [2.24, 2.45) is 0 Å². The zero-order valence-electron chi connectivity index (χ0n) is 21.6. The van der Waals surface area contributed by atoms with Crippen LogP contribution in [0.3, 0.4) is 0 Å². The SMILES string of the molecule is COc1ccccc1NC(=O)N(CCN1CCOCC1)Cc1cc([N+](=O)[O-])ccc1Sc1ccc(C)cc1. The molecule has 3 aromatic rings. The summed E-state index contributed by atoms with van der Waals surface area (Å²) in [5.41, 5.74) is 2.42. The van der Waals surface area contributed by atoms with Crippen LogP contribution in [0.25, 0.3) is 0 Å². The molecule has 38 heavy (non-hydrogen) atoms. The Kier molecular flexibility index (Phi) is 9.58. The lowest BCUT2D eigenvalue weighted by Gasteiger charge is -2.30. The molecule has 0 unspecified atom stereocenters. The van der Waals surface area contributed by atoms with Crippen LogP contribution in [0, 0.1) is 17.0 Å². The van der Waals surface area contributed by atoms with Gasteiger partial charge in [-0.2, -0.15) is 0 Å². The van der Waals surface area contributed by atoms with Crippen LogP contribution in [0.4, 0.5) is 16.2 Å². The van der Waals surface area contributed by atoms with Crippen LogP contribution in [0.1, 0.15) is 11.1 Å². The van der Waals surface area contributed by atoms with Gasteiger partial charge in [-0.25, -0.2) is 4.79 Å². The highest BCUT2D eigenvalue weighted by molar-refractivity contribution is 7.99. The topological polar surface area (TPSA) is 97.2 Å². The number of morpholine rings is 1. The van der Waals surface area contributed by atoms with Gasteiger partial charge in [0.2, 0.25) is 0 Å². The molecule has 0 aromatic heterocycles. The largest absolute Gasteiger partial charge is 0.495 e. The van der Waals surface area contributed by atoms with E-state index in [1.54, 1.807) is 36.3 Å². The zero-order valence-corrected chi connectivity index (χ0v) is 22.4. The maximum atomic E-state index is 13.6. The van der Waals surface area contributed by atoms with Crippen LogP contribution in [0.2, 0.25) is 0 Å². The highest BCUT2D eigenvalue weighted by atomic mass is 32.2. The minimum absolute atomic E-state index is 0.00785. The number of para-hydroxylation sites is 2. The molecule has 3 aromatic carbocycles. The van der Waals surface area contributed by atoms with Gasteiger partial charge in [-0.3, -0.25) is 15.0 Å². The van der Waals surface area contributed by atoms with Crippen LogP contribution in [-0.4, -0.2) is 67.3 Å². The standard InChI is InChI=1S/C28H32N4O5S/c1-21-7-10-24(11-8-21)38-27-12-9-23(32(34)35)19-22(27)20-31(14-13-30-15-17-37-18-16-30)28(33)29-25-5-3-4-6-26(25)36-2/h3-12,19H,13-18,20H2,1-2H3,(H,29,33). The number of carbonyl (C=O) groups is 1. The number of benzene rings is 3. The maximum Gasteiger partial charge on any atom is 0.322 e. The van der Waals surface area contributed by atoms with Gasteiger partial charge < -0.3 is 19.7 Å². The predicted octanol–water partition coefficient (Wildman–Crippen LogP) is 5.43. The summed E-state index contributed by atoms with van der Waals surface area (Å²) >= 11 is 1.53. The molecular weight excluding hydrogens is 504 g/mol. The lowest BCUT2D eigenvalue weighted by Crippen LogP contribution is -2.44. The molecule has 0 bridgehead atoms. The first-order valence-electron chi connectivity index (χ1n) is 12.4. The quantitative estimate of drug-likeness (QED) is 0.273. The van der Waals surface area contributed by atoms with Crippen molar-refractivity contribution in [3.05, 3.63) is 88.0 Å². The van der Waals surface area contributed by atoms with E-state index in [-0.39, 0.29) is 18.3 Å². The summed E-state index contributed by atoms with van der Waals surface area (Å²) in [6.07, 6.45) is 0. The number of aryl methyl sites for hydroxylation is 1. The van der Waals surface area contributed by atoms with Crippen molar-refractivity contribution in [1.29, 1.82) is 0 Å². The van der Waals surface area contributed by atoms with Crippen LogP contribution < -0.4 is 10.1 Å². The second kappa shape index (κ2) is 13.3. The second-order valence-corrected chi connectivity index (χ2v) is 10.1. The maximum absolute atomic E-state index is 13.6. The molecule has 1 fully saturated rings. The Morgan fingerprint density at radius 3 is 2.58 bits per heavy atom. The lowest BCUT2D eigenvalue weighted by atomic mass is 10.2. The Bertz CT molecular complexity index is 1250. The summed E-state index contributed by atoms with van der Waals surface area (Å²) in [6.45, 7) is 6.27. The molecule has 1 aliphatic heterocycles. The molecular formula is C28H32N4O5S. The number of methoxy groups -OCH3 is 1. The fourth-order valence-corrected chi connectivity index (χ4v) is 5.04. The number of hydrogen-bond donors (Lipinski definition) is 1. The smallest absolute Gasteiger partial charge is 0.322 e. The van der Waals surface area contributed by atoms with Gasteiger partial charge in [0, 0.05) is 54.6 Å². The molecule has 200 valence electrons. The Balaban J connectivity index is 1.61. The van der Waals surface area contributed by atoms with E-state index in [1.165, 1.54) is 17.8 Å². The van der Waals surface area contributed by atoms with Crippen LogP contribution in [0.15, 0.2) is 76.5 Å². The van der Waals surface area contributed by atoms with Crippen molar-refractivity contribution < 1.29 is 19.2 Å². The molecule has 1 saturated heterocycles. The van der Waals surface area contributed by atoms with Gasteiger partial charge in [0.1, 0.15) is 5.75 Å². The van der Waals surface area contributed by atoms with E-state index in [0.717, 1.165) is 28.4 Å². The number of non-ortho nitro benzene ring substituents is 1. The number of rotatable bonds is 10. The Morgan fingerprint density at radius 2 is 1.87 bits per heavy atom. The first kappa shape index (κ1) is 27.4. The van der Waals surface area contributed by atoms with E-state index in [4.69, 9.17) is 9.47 Å². The highest BCUT2D eigenvalue weighted by Crippen LogP contribution is 2.34. The summed E-state index contributed by atoms with van der Waals surface area (Å²) in [6, 6.07) is 19.9. The molecule has 4 rings (SSSR count). The van der Waals surface area contributed by atoms with Crippen LogP contribution in [-0.2, 0) is 11.3 Å². The van der Waals surface area contributed by atoms with Crippen LogP contribution in [0.5, 0.6) is 5.75 Å². The van der Waals surface area contributed by atoms with Gasteiger partial charge >= 0.3 is 6.03 Å². The van der Waals surface area contributed by atoms with Crippen molar-refractivity contribution >= 4 is 29.2 Å². The molecule has 0 aliphatic carbocycles. The molecule has 1 heterocycles. The third-order valence-corrected chi connectivity index (χ3v) is 7.42. The summed E-state index contributed by atoms with van der Waals surface area (Å²) < 4.78 is 10.9. The van der Waals surface area contributed by atoms with Gasteiger partial charge in [-0.15, -0.1) is 0 Å². The number of amides is 2. The van der Waals surface area contributed by atoms with E-state index in [0.29, 0.717) is 43.3 Å². The predicted molar refractivity (Wildman–Crippen MR) is 148 cm³/mol. The Hall–Kier alpha value is -3.60. The number of nitro benzene ring substituents is 1. The zero-order chi connectivity index (χ0) is 26.9. The molecule has 10 heteroatoms. The highest BCUT2D eigenvalue weighted by Gasteiger charge is 2.21. The monoisotopic (exact) mass is 536 g/mol. The molecule has 2 amide bonds. The summed E-state index contributed by atoms with van der Waals surface area (Å²) in [5, 5.41) is 14.6. The number of ether oxygens (including phenoxy) is 2. The van der Waals surface area contributed by atoms with Crippen molar-refractivity contribution in [1.82, 2.24) is 9.80 Å². The summed E-state index contributed by atoms with van der Waals surface area (Å²) in [5.74, 6) is 0.556. The average Bonchev–Trinajstić information content (AvgIpc) is 2.93. The van der Waals surface area contributed by atoms with Gasteiger partial charge in [-0.05, 0) is 42.8 Å². The normalized spacial score (nSPS) is 13.6. The number of anilines is 1. The van der Waals surface area contributed by atoms with Crippen molar-refractivity contribution in [3.63, 3.8) is 0 Å². The third kappa shape index (κ3) is 7.47. The Labute approximate surface area is 226 Å². The molecule has 0 saturated carbocycles. The van der Waals surface area contributed by atoms with E-state index in [1.807, 2.05) is 43.3 Å².